The van der Waals surface area contributed by atoms with Crippen molar-refractivity contribution >= 4 is 0 Å². The maximum Gasteiger partial charge on any atom is 0.239 e. The molecule has 2 rings (SSSR count). The quantitative estimate of drug-likeness (QED) is 0.843. The smallest absolute Gasteiger partial charge is 0.239 e. The largest absolute Gasteiger partial charge is 0.383 e. The van der Waals surface area contributed by atoms with E-state index in [1.165, 1.54) is 0 Å². The van der Waals surface area contributed by atoms with E-state index in [9.17, 15) is 13.9 Å². The average molecular weight is 222 g/mol. The molecule has 1 aromatic carbocycles. The van der Waals surface area contributed by atoms with E-state index in [-0.39, 0.29) is 5.56 Å². The van der Waals surface area contributed by atoms with Gasteiger partial charge in [-0.15, -0.1) is 10.2 Å². The molecule has 0 fully saturated rings. The molecule has 0 bridgehead atoms. The molecular formula is C11H8F2N2O. The lowest BCUT2D eigenvalue weighted by Crippen LogP contribution is -2.06. The second-order valence-electron chi connectivity index (χ2n) is 3.23. The molecule has 82 valence electrons. The van der Waals surface area contributed by atoms with Gasteiger partial charge in [-0.3, -0.25) is 0 Å². The normalized spacial score (nSPS) is 12.4. The van der Waals surface area contributed by atoms with Crippen LogP contribution in [0.15, 0.2) is 36.4 Å². The molecule has 1 heterocycles. The number of benzene rings is 1. The number of aliphatic hydroxyl groups is 1. The van der Waals surface area contributed by atoms with E-state index in [0.717, 1.165) is 6.07 Å². The molecule has 1 unspecified atom stereocenters. The van der Waals surface area contributed by atoms with Crippen LogP contribution in [0.4, 0.5) is 8.78 Å². The Labute approximate surface area is 90.4 Å². The van der Waals surface area contributed by atoms with Crippen LogP contribution in [0.1, 0.15) is 17.2 Å². The molecule has 16 heavy (non-hydrogen) atoms. The summed E-state index contributed by atoms with van der Waals surface area (Å²) in [6.45, 7) is 0. The average Bonchev–Trinajstić information content (AvgIpc) is 2.32. The van der Waals surface area contributed by atoms with Crippen molar-refractivity contribution < 1.29 is 13.9 Å². The van der Waals surface area contributed by atoms with Crippen molar-refractivity contribution in [3.8, 4) is 0 Å². The Bertz CT molecular complexity index is 491. The van der Waals surface area contributed by atoms with Gasteiger partial charge >= 0.3 is 0 Å². The third kappa shape index (κ3) is 2.04. The van der Waals surface area contributed by atoms with Crippen molar-refractivity contribution in [2.75, 3.05) is 0 Å². The summed E-state index contributed by atoms with van der Waals surface area (Å²) in [4.78, 5) is 0. The summed E-state index contributed by atoms with van der Waals surface area (Å²) in [5.74, 6) is -1.90. The molecule has 0 aliphatic carbocycles. The molecule has 0 aliphatic rings. The predicted octanol–water partition coefficient (Wildman–Crippen LogP) is 1.84. The Hall–Kier alpha value is -1.88. The minimum absolute atomic E-state index is 0.223. The Morgan fingerprint density at radius 3 is 2.44 bits per heavy atom. The number of rotatable bonds is 2. The Balaban J connectivity index is 2.41. The molecule has 1 N–H and O–H groups in total. The van der Waals surface area contributed by atoms with E-state index >= 15 is 0 Å². The van der Waals surface area contributed by atoms with E-state index in [1.807, 2.05) is 0 Å². The topological polar surface area (TPSA) is 46.0 Å². The minimum atomic E-state index is -1.24. The molecular weight excluding hydrogens is 214 g/mol. The first kappa shape index (κ1) is 10.6. The number of hydrogen-bond acceptors (Lipinski definition) is 3. The van der Waals surface area contributed by atoms with Crippen LogP contribution in [0.2, 0.25) is 0 Å². The number of halogens is 2. The maximum absolute atomic E-state index is 13.2. The summed E-state index contributed by atoms with van der Waals surface area (Å²) < 4.78 is 26.0. The minimum Gasteiger partial charge on any atom is -0.383 e. The molecule has 2 aromatic rings. The summed E-state index contributed by atoms with van der Waals surface area (Å²) >= 11 is 0. The van der Waals surface area contributed by atoms with Crippen molar-refractivity contribution in [3.63, 3.8) is 0 Å². The Morgan fingerprint density at radius 1 is 1.06 bits per heavy atom. The lowest BCUT2D eigenvalue weighted by molar-refractivity contribution is 0.211. The molecule has 0 radical (unpaired) electrons. The van der Waals surface area contributed by atoms with Gasteiger partial charge in [0.25, 0.3) is 0 Å². The standard InChI is InChI=1S/C11H8F2N2O/c12-9-6-8(11(13)15-14-9)10(16)7-4-2-1-3-5-7/h1-6,10,16H. The second kappa shape index (κ2) is 4.32. The van der Waals surface area contributed by atoms with Gasteiger partial charge in [0.15, 0.2) is 0 Å². The first-order chi connectivity index (χ1) is 7.68. The molecule has 0 saturated heterocycles. The number of aromatic nitrogens is 2. The summed E-state index contributed by atoms with van der Waals surface area (Å²) in [6.07, 6.45) is -1.24. The van der Waals surface area contributed by atoms with Crippen LogP contribution >= 0.6 is 0 Å². The lowest BCUT2D eigenvalue weighted by atomic mass is 10.0. The van der Waals surface area contributed by atoms with E-state index in [1.54, 1.807) is 30.3 Å². The monoisotopic (exact) mass is 222 g/mol. The van der Waals surface area contributed by atoms with Crippen molar-refractivity contribution in [1.82, 2.24) is 10.2 Å². The van der Waals surface area contributed by atoms with E-state index < -0.39 is 18.0 Å². The fourth-order valence-electron chi connectivity index (χ4n) is 1.37. The van der Waals surface area contributed by atoms with Crippen LogP contribution in [0.3, 0.4) is 0 Å². The van der Waals surface area contributed by atoms with Crippen LogP contribution in [-0.2, 0) is 0 Å². The summed E-state index contributed by atoms with van der Waals surface area (Å²) in [5, 5.41) is 15.7. The predicted molar refractivity (Wildman–Crippen MR) is 52.5 cm³/mol. The van der Waals surface area contributed by atoms with Gasteiger partial charge in [-0.2, -0.15) is 8.78 Å². The van der Waals surface area contributed by atoms with Crippen LogP contribution in [0, 0.1) is 11.9 Å². The number of hydrogen-bond donors (Lipinski definition) is 1. The van der Waals surface area contributed by atoms with Crippen LogP contribution < -0.4 is 0 Å². The highest BCUT2D eigenvalue weighted by Crippen LogP contribution is 2.22. The molecule has 0 saturated carbocycles. The van der Waals surface area contributed by atoms with E-state index in [4.69, 9.17) is 0 Å². The molecule has 1 aromatic heterocycles. The second-order valence-corrected chi connectivity index (χ2v) is 3.23. The molecule has 0 amide bonds. The third-order valence-corrected chi connectivity index (χ3v) is 2.16. The van der Waals surface area contributed by atoms with Crippen molar-refractivity contribution in [2.45, 2.75) is 6.10 Å². The van der Waals surface area contributed by atoms with E-state index in [2.05, 4.69) is 10.2 Å². The zero-order valence-electron chi connectivity index (χ0n) is 8.14. The first-order valence-electron chi connectivity index (χ1n) is 4.60. The Morgan fingerprint density at radius 2 is 1.75 bits per heavy atom. The van der Waals surface area contributed by atoms with Gasteiger partial charge in [-0.05, 0) is 5.56 Å². The highest BCUT2D eigenvalue weighted by molar-refractivity contribution is 5.27. The molecule has 0 spiro atoms. The number of aliphatic hydroxyl groups excluding tert-OH is 1. The first-order valence-corrected chi connectivity index (χ1v) is 4.60. The van der Waals surface area contributed by atoms with Crippen LogP contribution in [0.5, 0.6) is 0 Å². The third-order valence-electron chi connectivity index (χ3n) is 2.16. The molecule has 1 atom stereocenters. The van der Waals surface area contributed by atoms with Crippen molar-refractivity contribution in [2.24, 2.45) is 0 Å². The summed E-state index contributed by atoms with van der Waals surface area (Å²) in [6, 6.07) is 9.21. The van der Waals surface area contributed by atoms with Gasteiger partial charge in [-0.25, -0.2) is 0 Å². The van der Waals surface area contributed by atoms with Gasteiger partial charge in [0.05, 0.1) is 0 Å². The van der Waals surface area contributed by atoms with Gasteiger partial charge < -0.3 is 5.11 Å². The number of nitrogens with zero attached hydrogens (tertiary/aromatic N) is 2. The van der Waals surface area contributed by atoms with Gasteiger partial charge in [0.2, 0.25) is 11.9 Å². The molecule has 0 aliphatic heterocycles. The van der Waals surface area contributed by atoms with Gasteiger partial charge in [-0.1, -0.05) is 30.3 Å². The SMILES string of the molecule is OC(c1ccccc1)c1cc(F)nnc1F. The zero-order valence-corrected chi connectivity index (χ0v) is 8.14. The highest BCUT2D eigenvalue weighted by atomic mass is 19.1. The van der Waals surface area contributed by atoms with Crippen molar-refractivity contribution in [1.29, 1.82) is 0 Å². The van der Waals surface area contributed by atoms with Crippen molar-refractivity contribution in [3.05, 3.63) is 59.4 Å². The van der Waals surface area contributed by atoms with Gasteiger partial charge in [0, 0.05) is 11.6 Å². The fourth-order valence-corrected chi connectivity index (χ4v) is 1.37. The maximum atomic E-state index is 13.2. The summed E-state index contributed by atoms with van der Waals surface area (Å²) in [5.41, 5.74) is 0.243. The highest BCUT2D eigenvalue weighted by Gasteiger charge is 2.17. The molecule has 5 heteroatoms. The lowest BCUT2D eigenvalue weighted by Gasteiger charge is -2.10. The molecule has 3 nitrogen and oxygen atoms in total. The van der Waals surface area contributed by atoms with E-state index in [0.29, 0.717) is 5.56 Å². The Kier molecular flexibility index (Phi) is 2.87. The van der Waals surface area contributed by atoms with Gasteiger partial charge in [0.1, 0.15) is 6.10 Å². The summed E-state index contributed by atoms with van der Waals surface area (Å²) in [7, 11) is 0. The van der Waals surface area contributed by atoms with Crippen LogP contribution in [0.25, 0.3) is 0 Å². The fraction of sp³-hybridized carbons (Fsp3) is 0.0909. The zero-order chi connectivity index (χ0) is 11.5. The van der Waals surface area contributed by atoms with Crippen LogP contribution in [-0.4, -0.2) is 15.3 Å².